The molecular formula is C10H20N6O2S. The van der Waals surface area contributed by atoms with E-state index in [1.165, 1.54) is 0 Å². The van der Waals surface area contributed by atoms with Gasteiger partial charge in [-0.05, 0) is 20.8 Å². The number of hydrazine groups is 1. The van der Waals surface area contributed by atoms with E-state index in [-0.39, 0.29) is 0 Å². The van der Waals surface area contributed by atoms with E-state index < -0.39 is 15.6 Å². The maximum absolute atomic E-state index is 11.2. The molecule has 8 nitrogen and oxygen atoms in total. The first kappa shape index (κ1) is 15.6. The van der Waals surface area contributed by atoms with Crippen LogP contribution in [-0.4, -0.2) is 36.7 Å². The molecule has 0 saturated carbocycles. The largest absolute Gasteiger partial charge is 0.368 e. The molecule has 0 unspecified atom stereocenters. The lowest BCUT2D eigenvalue weighted by Crippen LogP contribution is -2.47. The number of anilines is 2. The van der Waals surface area contributed by atoms with Crippen LogP contribution in [0.1, 0.15) is 19.4 Å². The van der Waals surface area contributed by atoms with E-state index in [2.05, 4.69) is 25.4 Å². The van der Waals surface area contributed by atoms with Gasteiger partial charge in [-0.25, -0.2) is 24.0 Å². The normalized spacial score (nSPS) is 12.3. The second-order valence-corrected chi connectivity index (χ2v) is 6.73. The zero-order chi connectivity index (χ0) is 14.7. The number of sulfonamides is 1. The maximum atomic E-state index is 11.2. The zero-order valence-electron chi connectivity index (χ0n) is 11.5. The van der Waals surface area contributed by atoms with Gasteiger partial charge in [0.25, 0.3) is 0 Å². The SMILES string of the molecule is Cc1cnc(NN)nc1NCC(C)(C)NS(C)(=O)=O. The molecule has 19 heavy (non-hydrogen) atoms. The molecule has 0 aliphatic heterocycles. The predicted octanol–water partition coefficient (Wildman–Crippen LogP) is -0.190. The summed E-state index contributed by atoms with van der Waals surface area (Å²) in [7, 11) is -3.26. The van der Waals surface area contributed by atoms with Gasteiger partial charge in [0.15, 0.2) is 0 Å². The van der Waals surface area contributed by atoms with Gasteiger partial charge < -0.3 is 5.32 Å². The minimum atomic E-state index is -3.26. The molecule has 0 radical (unpaired) electrons. The molecule has 0 bridgehead atoms. The van der Waals surface area contributed by atoms with Gasteiger partial charge in [-0.3, -0.25) is 5.43 Å². The molecule has 5 N–H and O–H groups in total. The number of aromatic nitrogens is 2. The van der Waals surface area contributed by atoms with Gasteiger partial charge in [-0.1, -0.05) is 0 Å². The highest BCUT2D eigenvalue weighted by Gasteiger charge is 2.22. The Balaban J connectivity index is 2.76. The first-order valence-electron chi connectivity index (χ1n) is 5.66. The molecule has 0 atom stereocenters. The molecule has 1 aromatic rings. The summed E-state index contributed by atoms with van der Waals surface area (Å²) in [5.74, 6) is 6.14. The van der Waals surface area contributed by atoms with E-state index in [0.29, 0.717) is 18.3 Å². The Morgan fingerprint density at radius 3 is 2.58 bits per heavy atom. The molecule has 1 aromatic heterocycles. The maximum Gasteiger partial charge on any atom is 0.239 e. The number of rotatable bonds is 6. The molecule has 108 valence electrons. The lowest BCUT2D eigenvalue weighted by atomic mass is 10.1. The molecule has 0 fully saturated rings. The lowest BCUT2D eigenvalue weighted by molar-refractivity contribution is 0.476. The van der Waals surface area contributed by atoms with Crippen molar-refractivity contribution in [2.24, 2.45) is 5.84 Å². The van der Waals surface area contributed by atoms with Crippen LogP contribution in [0, 0.1) is 6.92 Å². The van der Waals surface area contributed by atoms with Crippen molar-refractivity contribution < 1.29 is 8.42 Å². The summed E-state index contributed by atoms with van der Waals surface area (Å²) in [6, 6.07) is 0. The Morgan fingerprint density at radius 2 is 2.05 bits per heavy atom. The van der Waals surface area contributed by atoms with Crippen LogP contribution in [0.4, 0.5) is 11.8 Å². The van der Waals surface area contributed by atoms with E-state index >= 15 is 0 Å². The van der Waals surface area contributed by atoms with Gasteiger partial charge in [0.2, 0.25) is 16.0 Å². The standard InChI is InChI=1S/C10H20N6O2S/c1-7-5-12-9(15-11)14-8(7)13-6-10(2,3)16-19(4,17)18/h5,16H,6,11H2,1-4H3,(H2,12,13,14,15). The Kier molecular flexibility index (Phi) is 4.66. The van der Waals surface area contributed by atoms with Crippen LogP contribution in [0.3, 0.4) is 0 Å². The van der Waals surface area contributed by atoms with Crippen LogP contribution in [0.5, 0.6) is 0 Å². The van der Waals surface area contributed by atoms with Crippen molar-refractivity contribution >= 4 is 21.8 Å². The number of hydrogen-bond acceptors (Lipinski definition) is 7. The van der Waals surface area contributed by atoms with Crippen molar-refractivity contribution in [3.8, 4) is 0 Å². The van der Waals surface area contributed by atoms with Crippen LogP contribution >= 0.6 is 0 Å². The van der Waals surface area contributed by atoms with E-state index in [1.54, 1.807) is 20.0 Å². The van der Waals surface area contributed by atoms with E-state index in [9.17, 15) is 8.42 Å². The number of nitrogens with zero attached hydrogens (tertiary/aromatic N) is 2. The first-order chi connectivity index (χ1) is 8.63. The zero-order valence-corrected chi connectivity index (χ0v) is 12.3. The summed E-state index contributed by atoms with van der Waals surface area (Å²) in [4.78, 5) is 8.12. The Morgan fingerprint density at radius 1 is 1.42 bits per heavy atom. The highest BCUT2D eigenvalue weighted by Crippen LogP contribution is 2.13. The second-order valence-electron chi connectivity index (χ2n) is 4.98. The first-order valence-corrected chi connectivity index (χ1v) is 7.55. The predicted molar refractivity (Wildman–Crippen MR) is 75.1 cm³/mol. The van der Waals surface area contributed by atoms with Crippen molar-refractivity contribution in [2.75, 3.05) is 23.5 Å². The highest BCUT2D eigenvalue weighted by atomic mass is 32.2. The van der Waals surface area contributed by atoms with Crippen molar-refractivity contribution in [2.45, 2.75) is 26.3 Å². The fraction of sp³-hybridized carbons (Fsp3) is 0.600. The average Bonchev–Trinajstić information content (AvgIpc) is 2.25. The number of nitrogens with one attached hydrogen (secondary N) is 3. The van der Waals surface area contributed by atoms with Crippen molar-refractivity contribution in [1.82, 2.24) is 14.7 Å². The van der Waals surface area contributed by atoms with Crippen LogP contribution in [-0.2, 0) is 10.0 Å². The molecule has 0 spiro atoms. The van der Waals surface area contributed by atoms with Gasteiger partial charge in [0.05, 0.1) is 6.26 Å². The summed E-state index contributed by atoms with van der Waals surface area (Å²) >= 11 is 0. The van der Waals surface area contributed by atoms with E-state index in [0.717, 1.165) is 11.8 Å². The average molecular weight is 288 g/mol. The van der Waals surface area contributed by atoms with Gasteiger partial charge in [0.1, 0.15) is 5.82 Å². The van der Waals surface area contributed by atoms with Gasteiger partial charge >= 0.3 is 0 Å². The molecule has 0 saturated heterocycles. The number of nitrogen functional groups attached to an aromatic ring is 1. The number of hydrogen-bond donors (Lipinski definition) is 4. The summed E-state index contributed by atoms with van der Waals surface area (Å²) < 4.78 is 25.0. The van der Waals surface area contributed by atoms with Crippen LogP contribution in [0.2, 0.25) is 0 Å². The van der Waals surface area contributed by atoms with Gasteiger partial charge in [-0.2, -0.15) is 4.98 Å². The van der Waals surface area contributed by atoms with Crippen LogP contribution < -0.4 is 21.3 Å². The summed E-state index contributed by atoms with van der Waals surface area (Å²) in [5, 5.41) is 3.08. The third kappa shape index (κ3) is 5.37. The fourth-order valence-corrected chi connectivity index (χ4v) is 2.61. The smallest absolute Gasteiger partial charge is 0.239 e. The Hall–Kier alpha value is -1.45. The van der Waals surface area contributed by atoms with Crippen LogP contribution in [0.25, 0.3) is 0 Å². The van der Waals surface area contributed by atoms with E-state index in [1.807, 2.05) is 6.92 Å². The highest BCUT2D eigenvalue weighted by molar-refractivity contribution is 7.88. The number of nitrogens with two attached hydrogens (primary N) is 1. The molecular weight excluding hydrogens is 268 g/mol. The van der Waals surface area contributed by atoms with Gasteiger partial charge in [-0.15, -0.1) is 0 Å². The summed E-state index contributed by atoms with van der Waals surface area (Å²) in [6.45, 7) is 5.78. The minimum absolute atomic E-state index is 0.293. The molecule has 0 aliphatic rings. The fourth-order valence-electron chi connectivity index (χ4n) is 1.53. The lowest BCUT2D eigenvalue weighted by Gasteiger charge is -2.26. The third-order valence-corrected chi connectivity index (χ3v) is 3.18. The van der Waals surface area contributed by atoms with Crippen molar-refractivity contribution in [3.05, 3.63) is 11.8 Å². The molecule has 1 rings (SSSR count). The summed E-state index contributed by atoms with van der Waals surface area (Å²) in [5.41, 5.74) is 2.56. The van der Waals surface area contributed by atoms with Crippen molar-refractivity contribution in [3.63, 3.8) is 0 Å². The Labute approximate surface area is 113 Å². The number of aryl methyl sites for hydroxylation is 1. The minimum Gasteiger partial charge on any atom is -0.368 e. The van der Waals surface area contributed by atoms with Gasteiger partial charge in [0, 0.05) is 23.8 Å². The monoisotopic (exact) mass is 288 g/mol. The Bertz CT molecular complexity index is 543. The van der Waals surface area contributed by atoms with E-state index in [4.69, 9.17) is 5.84 Å². The quantitative estimate of drug-likeness (QED) is 0.423. The van der Waals surface area contributed by atoms with Crippen LogP contribution in [0.15, 0.2) is 6.20 Å². The second kappa shape index (κ2) is 5.68. The molecule has 0 amide bonds. The molecule has 1 heterocycles. The summed E-state index contributed by atoms with van der Waals surface area (Å²) in [6.07, 6.45) is 2.75. The molecule has 9 heteroatoms. The molecule has 0 aromatic carbocycles. The topological polar surface area (TPSA) is 122 Å². The van der Waals surface area contributed by atoms with Crippen molar-refractivity contribution in [1.29, 1.82) is 0 Å². The third-order valence-electron chi connectivity index (χ3n) is 2.26. The molecule has 0 aliphatic carbocycles.